The predicted octanol–water partition coefficient (Wildman–Crippen LogP) is 7.89. The summed E-state index contributed by atoms with van der Waals surface area (Å²) in [6, 6.07) is 0. The maximum atomic E-state index is 12.3. The largest absolute Gasteiger partial charge is 0.465 e. The second-order valence-electron chi connectivity index (χ2n) is 9.82. The molecular formula is C29H57NO4. The minimum absolute atomic E-state index is 0.00591. The number of ether oxygens (including phenoxy) is 2. The fourth-order valence-electron chi connectivity index (χ4n) is 4.18. The Kier molecular flexibility index (Phi) is 25.6. The SMILES string of the molecule is CCCCCCCCCOC(=O)CNCC(=O)OC(CCCCCCC)CCCCCCCC. The van der Waals surface area contributed by atoms with E-state index in [0.717, 1.165) is 38.5 Å². The maximum absolute atomic E-state index is 12.3. The summed E-state index contributed by atoms with van der Waals surface area (Å²) < 4.78 is 11.0. The minimum Gasteiger partial charge on any atom is -0.465 e. The highest BCUT2D eigenvalue weighted by molar-refractivity contribution is 5.75. The lowest BCUT2D eigenvalue weighted by Crippen LogP contribution is -2.32. The lowest BCUT2D eigenvalue weighted by atomic mass is 10.0. The third-order valence-electron chi connectivity index (χ3n) is 6.36. The molecule has 5 nitrogen and oxygen atoms in total. The fourth-order valence-corrected chi connectivity index (χ4v) is 4.18. The number of unbranched alkanes of at least 4 members (excludes halogenated alkanes) is 15. The summed E-state index contributed by atoms with van der Waals surface area (Å²) in [5, 5.41) is 2.89. The van der Waals surface area contributed by atoms with Crippen molar-refractivity contribution in [2.24, 2.45) is 0 Å². The van der Waals surface area contributed by atoms with Crippen LogP contribution in [0.1, 0.15) is 149 Å². The Hall–Kier alpha value is -1.10. The number of carbonyl (C=O) groups excluding carboxylic acids is 2. The van der Waals surface area contributed by atoms with Gasteiger partial charge in [-0.15, -0.1) is 0 Å². The van der Waals surface area contributed by atoms with Gasteiger partial charge >= 0.3 is 11.9 Å². The molecule has 0 saturated carbocycles. The Morgan fingerprint density at radius 1 is 0.559 bits per heavy atom. The van der Waals surface area contributed by atoms with Crippen molar-refractivity contribution in [3.05, 3.63) is 0 Å². The van der Waals surface area contributed by atoms with Crippen LogP contribution < -0.4 is 5.32 Å². The summed E-state index contributed by atoms with van der Waals surface area (Å²) in [5.41, 5.74) is 0. The van der Waals surface area contributed by atoms with Crippen molar-refractivity contribution in [3.8, 4) is 0 Å². The molecule has 1 atom stereocenters. The first-order valence-corrected chi connectivity index (χ1v) is 14.7. The zero-order chi connectivity index (χ0) is 25.1. The fraction of sp³-hybridized carbons (Fsp3) is 0.931. The van der Waals surface area contributed by atoms with Gasteiger partial charge in [0.05, 0.1) is 19.7 Å². The zero-order valence-electron chi connectivity index (χ0n) is 23.0. The molecule has 0 spiro atoms. The van der Waals surface area contributed by atoms with Crippen molar-refractivity contribution in [2.75, 3.05) is 19.7 Å². The molecule has 0 aromatic rings. The molecule has 0 rings (SSSR count). The van der Waals surface area contributed by atoms with E-state index in [0.29, 0.717) is 6.61 Å². The highest BCUT2D eigenvalue weighted by atomic mass is 16.5. The number of carbonyl (C=O) groups is 2. The average molecular weight is 484 g/mol. The molecule has 5 heteroatoms. The van der Waals surface area contributed by atoms with E-state index in [1.165, 1.54) is 89.9 Å². The summed E-state index contributed by atoms with van der Waals surface area (Å²) in [7, 11) is 0. The van der Waals surface area contributed by atoms with E-state index >= 15 is 0 Å². The van der Waals surface area contributed by atoms with E-state index in [1.54, 1.807) is 0 Å². The molecule has 1 N–H and O–H groups in total. The Labute approximate surface area is 211 Å². The standard InChI is InChI=1S/C29H57NO4/c1-4-7-10-13-15-18-21-24-33-28(31)25-30-26-29(32)34-27(22-19-16-12-9-6-3)23-20-17-14-11-8-5-2/h27,30H,4-26H2,1-3H3. The maximum Gasteiger partial charge on any atom is 0.320 e. The molecule has 0 aliphatic heterocycles. The van der Waals surface area contributed by atoms with Crippen LogP contribution in [0, 0.1) is 0 Å². The van der Waals surface area contributed by atoms with Gasteiger partial charge in [-0.1, -0.05) is 117 Å². The second-order valence-corrected chi connectivity index (χ2v) is 9.82. The number of hydrogen-bond acceptors (Lipinski definition) is 5. The highest BCUT2D eigenvalue weighted by Crippen LogP contribution is 2.16. The van der Waals surface area contributed by atoms with Crippen LogP contribution in [0.25, 0.3) is 0 Å². The molecule has 0 aliphatic carbocycles. The molecule has 0 aromatic heterocycles. The number of nitrogens with one attached hydrogen (secondary N) is 1. The van der Waals surface area contributed by atoms with Gasteiger partial charge in [-0.25, -0.2) is 0 Å². The topological polar surface area (TPSA) is 64.6 Å². The van der Waals surface area contributed by atoms with E-state index < -0.39 is 0 Å². The first kappa shape index (κ1) is 32.9. The van der Waals surface area contributed by atoms with Crippen LogP contribution >= 0.6 is 0 Å². The van der Waals surface area contributed by atoms with Crippen LogP contribution in [-0.4, -0.2) is 37.7 Å². The van der Waals surface area contributed by atoms with Gasteiger partial charge in [0.1, 0.15) is 6.10 Å². The van der Waals surface area contributed by atoms with Gasteiger partial charge in [0.15, 0.2) is 0 Å². The van der Waals surface area contributed by atoms with E-state index in [2.05, 4.69) is 26.1 Å². The first-order chi connectivity index (χ1) is 16.6. The molecule has 34 heavy (non-hydrogen) atoms. The van der Waals surface area contributed by atoms with Crippen LogP contribution in [0.2, 0.25) is 0 Å². The normalized spacial score (nSPS) is 12.0. The smallest absolute Gasteiger partial charge is 0.320 e. The molecule has 0 amide bonds. The van der Waals surface area contributed by atoms with Crippen LogP contribution in [0.3, 0.4) is 0 Å². The van der Waals surface area contributed by atoms with E-state index in [1.807, 2.05) is 0 Å². The quantitative estimate of drug-likeness (QED) is 0.100. The van der Waals surface area contributed by atoms with Crippen LogP contribution in [-0.2, 0) is 19.1 Å². The van der Waals surface area contributed by atoms with Gasteiger partial charge in [0.2, 0.25) is 0 Å². The molecule has 0 aliphatic rings. The number of esters is 2. The molecule has 1 unspecified atom stereocenters. The summed E-state index contributed by atoms with van der Waals surface area (Å²) in [5.74, 6) is -0.553. The van der Waals surface area contributed by atoms with Gasteiger partial charge < -0.3 is 9.47 Å². The number of rotatable bonds is 26. The summed E-state index contributed by atoms with van der Waals surface area (Å²) >= 11 is 0. The van der Waals surface area contributed by atoms with Crippen LogP contribution in [0.5, 0.6) is 0 Å². The lowest BCUT2D eigenvalue weighted by Gasteiger charge is -2.18. The van der Waals surface area contributed by atoms with Crippen LogP contribution in [0.4, 0.5) is 0 Å². The Morgan fingerprint density at radius 2 is 0.971 bits per heavy atom. The highest BCUT2D eigenvalue weighted by Gasteiger charge is 2.15. The van der Waals surface area contributed by atoms with Gasteiger partial charge in [0, 0.05) is 0 Å². The van der Waals surface area contributed by atoms with Gasteiger partial charge in [0.25, 0.3) is 0 Å². The third kappa shape index (κ3) is 24.0. The molecule has 0 radical (unpaired) electrons. The lowest BCUT2D eigenvalue weighted by molar-refractivity contribution is -0.149. The molecule has 0 aromatic carbocycles. The van der Waals surface area contributed by atoms with Gasteiger partial charge in [-0.05, 0) is 32.1 Å². The minimum atomic E-state index is -0.293. The van der Waals surface area contributed by atoms with E-state index in [4.69, 9.17) is 9.47 Å². The van der Waals surface area contributed by atoms with Crippen LogP contribution in [0.15, 0.2) is 0 Å². The summed E-state index contributed by atoms with van der Waals surface area (Å²) in [4.78, 5) is 24.2. The van der Waals surface area contributed by atoms with Crippen molar-refractivity contribution in [1.29, 1.82) is 0 Å². The monoisotopic (exact) mass is 483 g/mol. The zero-order valence-corrected chi connectivity index (χ0v) is 23.0. The molecule has 0 bridgehead atoms. The van der Waals surface area contributed by atoms with Crippen molar-refractivity contribution < 1.29 is 19.1 Å². The Balaban J connectivity index is 3.98. The first-order valence-electron chi connectivity index (χ1n) is 14.7. The predicted molar refractivity (Wildman–Crippen MR) is 143 cm³/mol. The van der Waals surface area contributed by atoms with E-state index in [-0.39, 0.29) is 31.1 Å². The van der Waals surface area contributed by atoms with Crippen molar-refractivity contribution in [3.63, 3.8) is 0 Å². The molecule has 0 saturated heterocycles. The molecule has 0 heterocycles. The van der Waals surface area contributed by atoms with Crippen molar-refractivity contribution in [1.82, 2.24) is 5.32 Å². The summed E-state index contributed by atoms with van der Waals surface area (Å²) in [6.45, 7) is 7.27. The second kappa shape index (κ2) is 26.5. The van der Waals surface area contributed by atoms with E-state index in [9.17, 15) is 9.59 Å². The Morgan fingerprint density at radius 3 is 1.47 bits per heavy atom. The number of hydrogen-bond donors (Lipinski definition) is 1. The van der Waals surface area contributed by atoms with Gasteiger partial charge in [-0.2, -0.15) is 0 Å². The van der Waals surface area contributed by atoms with Gasteiger partial charge in [-0.3, -0.25) is 14.9 Å². The average Bonchev–Trinajstić information content (AvgIpc) is 2.82. The van der Waals surface area contributed by atoms with Crippen molar-refractivity contribution in [2.45, 2.75) is 155 Å². The Bertz CT molecular complexity index is 455. The molecule has 0 fully saturated rings. The molecular weight excluding hydrogens is 426 g/mol. The van der Waals surface area contributed by atoms with Crippen molar-refractivity contribution >= 4 is 11.9 Å². The third-order valence-corrected chi connectivity index (χ3v) is 6.36. The summed E-state index contributed by atoms with van der Waals surface area (Å²) in [6.07, 6.45) is 23.9. The molecule has 202 valence electrons.